The standard InChI is InChI=1S/C15H22F2N4O2/c16-15(17)4-2-14(22,3-5-15)9-19-12-7-11(20-13(18)21-12)10-1-6-23-8-10/h7,10,22H,1-6,8-9H2,(H3,18,19,20,21)/t10-/m1/s1. The van der Waals surface area contributed by atoms with Crippen molar-refractivity contribution in [2.24, 2.45) is 0 Å². The van der Waals surface area contributed by atoms with Gasteiger partial charge in [-0.3, -0.25) is 0 Å². The molecule has 23 heavy (non-hydrogen) atoms. The van der Waals surface area contributed by atoms with Gasteiger partial charge in [-0.2, -0.15) is 4.98 Å². The van der Waals surface area contributed by atoms with E-state index in [0.717, 1.165) is 12.1 Å². The molecule has 4 N–H and O–H groups in total. The molecule has 1 aliphatic carbocycles. The number of aliphatic hydroxyl groups is 1. The molecule has 1 aromatic rings. The fourth-order valence-electron chi connectivity index (χ4n) is 3.07. The Morgan fingerprint density at radius 3 is 2.70 bits per heavy atom. The van der Waals surface area contributed by atoms with Crippen LogP contribution in [0.15, 0.2) is 6.07 Å². The fraction of sp³-hybridized carbons (Fsp3) is 0.733. The van der Waals surface area contributed by atoms with E-state index in [-0.39, 0.29) is 44.1 Å². The molecule has 6 nitrogen and oxygen atoms in total. The number of alkyl halides is 2. The molecule has 1 atom stereocenters. The number of anilines is 2. The van der Waals surface area contributed by atoms with Crippen LogP contribution in [0, 0.1) is 0 Å². The molecule has 2 fully saturated rings. The van der Waals surface area contributed by atoms with Crippen LogP contribution in [0.1, 0.15) is 43.7 Å². The summed E-state index contributed by atoms with van der Waals surface area (Å²) >= 11 is 0. The van der Waals surface area contributed by atoms with Gasteiger partial charge < -0.3 is 20.9 Å². The van der Waals surface area contributed by atoms with Crippen molar-refractivity contribution in [3.63, 3.8) is 0 Å². The number of nitrogens with one attached hydrogen (secondary N) is 1. The van der Waals surface area contributed by atoms with Crippen molar-refractivity contribution in [3.05, 3.63) is 11.8 Å². The molecule has 0 amide bonds. The number of aromatic nitrogens is 2. The van der Waals surface area contributed by atoms with E-state index in [9.17, 15) is 13.9 Å². The Labute approximate surface area is 133 Å². The van der Waals surface area contributed by atoms with Gasteiger partial charge in [0.2, 0.25) is 11.9 Å². The first-order chi connectivity index (χ1) is 10.9. The number of nitrogen functional groups attached to an aromatic ring is 1. The summed E-state index contributed by atoms with van der Waals surface area (Å²) in [6, 6.07) is 1.79. The van der Waals surface area contributed by atoms with Gasteiger partial charge in [-0.1, -0.05) is 0 Å². The Kier molecular flexibility index (Phi) is 4.37. The third-order valence-corrected chi connectivity index (χ3v) is 4.62. The highest BCUT2D eigenvalue weighted by Crippen LogP contribution is 2.38. The Hall–Kier alpha value is -1.54. The Bertz CT molecular complexity index is 554. The van der Waals surface area contributed by atoms with E-state index in [0.29, 0.717) is 19.0 Å². The maximum absolute atomic E-state index is 13.2. The minimum atomic E-state index is -2.67. The minimum absolute atomic E-state index is 0.0664. The van der Waals surface area contributed by atoms with Gasteiger partial charge in [0, 0.05) is 38.0 Å². The number of ether oxygens (including phenoxy) is 1. The van der Waals surface area contributed by atoms with E-state index in [1.807, 2.05) is 0 Å². The van der Waals surface area contributed by atoms with Gasteiger partial charge in [-0.05, 0) is 19.3 Å². The highest BCUT2D eigenvalue weighted by Gasteiger charge is 2.42. The average molecular weight is 328 g/mol. The SMILES string of the molecule is Nc1nc(NCC2(O)CCC(F)(F)CC2)cc([C@@H]2CCOC2)n1. The Morgan fingerprint density at radius 1 is 1.30 bits per heavy atom. The second kappa shape index (κ2) is 6.16. The highest BCUT2D eigenvalue weighted by molar-refractivity contribution is 5.42. The lowest BCUT2D eigenvalue weighted by atomic mass is 9.83. The first-order valence-corrected chi connectivity index (χ1v) is 7.92. The molecule has 1 saturated carbocycles. The predicted octanol–water partition coefficient (Wildman–Crippen LogP) is 1.91. The largest absolute Gasteiger partial charge is 0.388 e. The Morgan fingerprint density at radius 2 is 2.04 bits per heavy atom. The van der Waals surface area contributed by atoms with Gasteiger partial charge in [0.05, 0.1) is 17.9 Å². The normalized spacial score (nSPS) is 26.1. The number of nitrogens with zero attached hydrogens (tertiary/aromatic N) is 2. The van der Waals surface area contributed by atoms with Crippen LogP contribution in [0.2, 0.25) is 0 Å². The van der Waals surface area contributed by atoms with Crippen LogP contribution >= 0.6 is 0 Å². The molecule has 0 aromatic carbocycles. The molecule has 1 aromatic heterocycles. The molecule has 0 spiro atoms. The fourth-order valence-corrected chi connectivity index (χ4v) is 3.07. The van der Waals surface area contributed by atoms with Crippen LogP contribution in [-0.4, -0.2) is 46.4 Å². The van der Waals surface area contributed by atoms with Gasteiger partial charge in [-0.25, -0.2) is 13.8 Å². The molecule has 0 radical (unpaired) electrons. The lowest BCUT2D eigenvalue weighted by Crippen LogP contribution is -2.43. The molecular weight excluding hydrogens is 306 g/mol. The third-order valence-electron chi connectivity index (χ3n) is 4.62. The second-order valence-electron chi connectivity index (χ2n) is 6.53. The van der Waals surface area contributed by atoms with Crippen molar-refractivity contribution >= 4 is 11.8 Å². The quantitative estimate of drug-likeness (QED) is 0.782. The van der Waals surface area contributed by atoms with E-state index in [2.05, 4.69) is 15.3 Å². The van der Waals surface area contributed by atoms with Crippen molar-refractivity contribution < 1.29 is 18.6 Å². The average Bonchev–Trinajstić information content (AvgIpc) is 3.03. The van der Waals surface area contributed by atoms with Gasteiger partial charge in [0.1, 0.15) is 5.82 Å². The number of hydrogen-bond acceptors (Lipinski definition) is 6. The summed E-state index contributed by atoms with van der Waals surface area (Å²) < 4.78 is 31.8. The summed E-state index contributed by atoms with van der Waals surface area (Å²) in [5.41, 5.74) is 5.40. The van der Waals surface area contributed by atoms with E-state index in [1.165, 1.54) is 0 Å². The molecule has 8 heteroatoms. The van der Waals surface area contributed by atoms with Crippen molar-refractivity contribution in [2.45, 2.75) is 49.5 Å². The van der Waals surface area contributed by atoms with Crippen molar-refractivity contribution in [1.29, 1.82) is 0 Å². The number of nitrogens with two attached hydrogens (primary N) is 1. The monoisotopic (exact) mass is 328 g/mol. The zero-order valence-electron chi connectivity index (χ0n) is 12.9. The summed E-state index contributed by atoms with van der Waals surface area (Å²) in [7, 11) is 0. The molecule has 0 unspecified atom stereocenters. The van der Waals surface area contributed by atoms with Gasteiger partial charge in [-0.15, -0.1) is 0 Å². The van der Waals surface area contributed by atoms with Crippen LogP contribution in [0.5, 0.6) is 0 Å². The van der Waals surface area contributed by atoms with E-state index < -0.39 is 11.5 Å². The third kappa shape index (κ3) is 4.06. The first kappa shape index (κ1) is 16.3. The van der Waals surface area contributed by atoms with E-state index >= 15 is 0 Å². The first-order valence-electron chi connectivity index (χ1n) is 7.92. The maximum atomic E-state index is 13.2. The second-order valence-corrected chi connectivity index (χ2v) is 6.53. The zero-order chi connectivity index (χ0) is 16.5. The van der Waals surface area contributed by atoms with Crippen LogP contribution in [-0.2, 0) is 4.74 Å². The number of rotatable bonds is 4. The molecular formula is C15H22F2N4O2. The molecule has 128 valence electrons. The summed E-state index contributed by atoms with van der Waals surface area (Å²) in [4.78, 5) is 8.34. The zero-order valence-corrected chi connectivity index (χ0v) is 12.9. The van der Waals surface area contributed by atoms with Gasteiger partial charge in [0.15, 0.2) is 0 Å². The number of hydrogen-bond donors (Lipinski definition) is 3. The van der Waals surface area contributed by atoms with Crippen molar-refractivity contribution in [1.82, 2.24) is 9.97 Å². The number of halogens is 2. The Balaban J connectivity index is 1.64. The summed E-state index contributed by atoms with van der Waals surface area (Å²) in [5, 5.41) is 13.4. The smallest absolute Gasteiger partial charge is 0.248 e. The lowest BCUT2D eigenvalue weighted by molar-refractivity contribution is -0.0978. The summed E-state index contributed by atoms with van der Waals surface area (Å²) in [6.07, 6.45) is 0.437. The van der Waals surface area contributed by atoms with E-state index in [4.69, 9.17) is 10.5 Å². The molecule has 3 rings (SSSR count). The van der Waals surface area contributed by atoms with Gasteiger partial charge >= 0.3 is 0 Å². The van der Waals surface area contributed by atoms with Crippen LogP contribution < -0.4 is 11.1 Å². The maximum Gasteiger partial charge on any atom is 0.248 e. The molecule has 2 aliphatic rings. The predicted molar refractivity (Wildman–Crippen MR) is 81.5 cm³/mol. The van der Waals surface area contributed by atoms with Gasteiger partial charge in [0.25, 0.3) is 0 Å². The minimum Gasteiger partial charge on any atom is -0.388 e. The van der Waals surface area contributed by atoms with Crippen molar-refractivity contribution in [3.8, 4) is 0 Å². The molecule has 1 aliphatic heterocycles. The van der Waals surface area contributed by atoms with Crippen molar-refractivity contribution in [2.75, 3.05) is 30.8 Å². The topological polar surface area (TPSA) is 93.3 Å². The molecule has 0 bridgehead atoms. The van der Waals surface area contributed by atoms with Crippen LogP contribution in [0.3, 0.4) is 0 Å². The summed E-state index contributed by atoms with van der Waals surface area (Å²) in [6.45, 7) is 1.47. The molecule has 2 heterocycles. The lowest BCUT2D eigenvalue weighted by Gasteiger charge is -2.36. The highest BCUT2D eigenvalue weighted by atomic mass is 19.3. The van der Waals surface area contributed by atoms with Crippen LogP contribution in [0.4, 0.5) is 20.5 Å². The molecule has 1 saturated heterocycles. The summed E-state index contributed by atoms with van der Waals surface area (Å²) in [5.74, 6) is -1.82. The van der Waals surface area contributed by atoms with E-state index in [1.54, 1.807) is 6.07 Å². The van der Waals surface area contributed by atoms with Crippen LogP contribution in [0.25, 0.3) is 0 Å².